The SMILES string of the molecule is CNC(C)(CC(C)Oc1ccccc1C(C)C)C(N)=O. The number of primary amides is 1. The maximum absolute atomic E-state index is 11.5. The van der Waals surface area contributed by atoms with Crippen molar-refractivity contribution in [3.05, 3.63) is 29.8 Å². The first kappa shape index (κ1) is 16.5. The zero-order chi connectivity index (χ0) is 15.3. The van der Waals surface area contributed by atoms with Crippen molar-refractivity contribution in [2.75, 3.05) is 7.05 Å². The van der Waals surface area contributed by atoms with Gasteiger partial charge in [0.25, 0.3) is 0 Å². The number of amides is 1. The fraction of sp³-hybridized carbons (Fsp3) is 0.562. The highest BCUT2D eigenvalue weighted by molar-refractivity contribution is 5.84. The number of carbonyl (C=O) groups is 1. The van der Waals surface area contributed by atoms with Gasteiger partial charge in [-0.3, -0.25) is 4.79 Å². The number of rotatable bonds is 7. The van der Waals surface area contributed by atoms with Gasteiger partial charge in [-0.25, -0.2) is 0 Å². The number of nitrogens with one attached hydrogen (secondary N) is 1. The van der Waals surface area contributed by atoms with Crippen molar-refractivity contribution in [1.82, 2.24) is 5.32 Å². The van der Waals surface area contributed by atoms with Crippen molar-refractivity contribution in [2.24, 2.45) is 5.73 Å². The maximum atomic E-state index is 11.5. The van der Waals surface area contributed by atoms with Gasteiger partial charge in [-0.2, -0.15) is 0 Å². The Morgan fingerprint density at radius 3 is 2.45 bits per heavy atom. The van der Waals surface area contributed by atoms with Crippen LogP contribution in [0.3, 0.4) is 0 Å². The molecule has 1 aromatic carbocycles. The summed E-state index contributed by atoms with van der Waals surface area (Å²) in [4.78, 5) is 11.5. The van der Waals surface area contributed by atoms with Crippen LogP contribution in [-0.2, 0) is 4.79 Å². The van der Waals surface area contributed by atoms with Crippen LogP contribution >= 0.6 is 0 Å². The van der Waals surface area contributed by atoms with Crippen molar-refractivity contribution >= 4 is 5.91 Å². The summed E-state index contributed by atoms with van der Waals surface area (Å²) in [5.41, 5.74) is 5.86. The number of hydrogen-bond acceptors (Lipinski definition) is 3. The minimum atomic E-state index is -0.758. The topological polar surface area (TPSA) is 64.3 Å². The standard InChI is InChI=1S/C16H26N2O2/c1-11(2)13-8-6-7-9-14(13)20-12(3)10-16(4,18-5)15(17)19/h6-9,11-12,18H,10H2,1-5H3,(H2,17,19). The lowest BCUT2D eigenvalue weighted by Crippen LogP contribution is -2.53. The highest BCUT2D eigenvalue weighted by atomic mass is 16.5. The van der Waals surface area contributed by atoms with Gasteiger partial charge in [-0.05, 0) is 38.4 Å². The van der Waals surface area contributed by atoms with Crippen molar-refractivity contribution in [3.8, 4) is 5.75 Å². The van der Waals surface area contributed by atoms with Crippen LogP contribution in [0.25, 0.3) is 0 Å². The Labute approximate surface area is 121 Å². The third-order valence-corrected chi connectivity index (χ3v) is 3.66. The predicted molar refractivity (Wildman–Crippen MR) is 81.9 cm³/mol. The molecule has 2 unspecified atom stereocenters. The van der Waals surface area contributed by atoms with Gasteiger partial charge in [0.2, 0.25) is 5.91 Å². The Kier molecular flexibility index (Phi) is 5.57. The number of nitrogens with two attached hydrogens (primary N) is 1. The molecule has 3 N–H and O–H groups in total. The third kappa shape index (κ3) is 3.97. The Hall–Kier alpha value is -1.55. The van der Waals surface area contributed by atoms with Gasteiger partial charge in [-0.1, -0.05) is 32.0 Å². The predicted octanol–water partition coefficient (Wildman–Crippen LogP) is 2.43. The maximum Gasteiger partial charge on any atom is 0.237 e. The van der Waals surface area contributed by atoms with Gasteiger partial charge in [0.05, 0.1) is 11.6 Å². The summed E-state index contributed by atoms with van der Waals surface area (Å²) in [5, 5.41) is 2.98. The largest absolute Gasteiger partial charge is 0.490 e. The molecule has 1 aromatic rings. The summed E-state index contributed by atoms with van der Waals surface area (Å²) in [7, 11) is 1.74. The second-order valence-corrected chi connectivity index (χ2v) is 5.77. The van der Waals surface area contributed by atoms with Crippen molar-refractivity contribution in [1.29, 1.82) is 0 Å². The molecule has 1 amide bonds. The lowest BCUT2D eigenvalue weighted by Gasteiger charge is -2.29. The van der Waals surface area contributed by atoms with E-state index < -0.39 is 5.54 Å². The summed E-state index contributed by atoms with van der Waals surface area (Å²) in [6, 6.07) is 8.00. The minimum Gasteiger partial charge on any atom is -0.490 e. The Morgan fingerprint density at radius 2 is 1.95 bits per heavy atom. The van der Waals surface area contributed by atoms with E-state index in [0.29, 0.717) is 12.3 Å². The number of hydrogen-bond donors (Lipinski definition) is 2. The molecule has 0 spiro atoms. The number of likely N-dealkylation sites (N-methyl/N-ethyl adjacent to an activating group) is 1. The third-order valence-electron chi connectivity index (χ3n) is 3.66. The van der Waals surface area contributed by atoms with Gasteiger partial charge < -0.3 is 15.8 Å². The molecule has 0 saturated heterocycles. The summed E-state index contributed by atoms with van der Waals surface area (Å²) in [6.45, 7) is 8.02. The Morgan fingerprint density at radius 1 is 1.35 bits per heavy atom. The van der Waals surface area contributed by atoms with E-state index in [1.165, 1.54) is 5.56 Å². The molecule has 4 nitrogen and oxygen atoms in total. The minimum absolute atomic E-state index is 0.111. The zero-order valence-electron chi connectivity index (χ0n) is 13.1. The van der Waals surface area contributed by atoms with E-state index in [1.54, 1.807) is 14.0 Å². The number of ether oxygens (including phenoxy) is 1. The molecule has 0 aliphatic carbocycles. The molecule has 0 aromatic heterocycles. The van der Waals surface area contributed by atoms with E-state index in [-0.39, 0.29) is 12.0 Å². The van der Waals surface area contributed by atoms with Gasteiger partial charge in [0, 0.05) is 6.42 Å². The van der Waals surface area contributed by atoms with E-state index in [4.69, 9.17) is 10.5 Å². The second kappa shape index (κ2) is 6.75. The fourth-order valence-electron chi connectivity index (χ4n) is 2.22. The van der Waals surface area contributed by atoms with Crippen LogP contribution < -0.4 is 15.8 Å². The van der Waals surface area contributed by atoms with Gasteiger partial charge in [0.1, 0.15) is 5.75 Å². The van der Waals surface area contributed by atoms with Crippen LogP contribution in [0.1, 0.15) is 45.6 Å². The smallest absolute Gasteiger partial charge is 0.237 e. The normalized spacial score (nSPS) is 15.7. The molecular weight excluding hydrogens is 252 g/mol. The first-order valence-electron chi connectivity index (χ1n) is 7.04. The molecule has 112 valence electrons. The highest BCUT2D eigenvalue weighted by Crippen LogP contribution is 2.28. The van der Waals surface area contributed by atoms with E-state index in [9.17, 15) is 4.79 Å². The zero-order valence-corrected chi connectivity index (χ0v) is 13.1. The first-order chi connectivity index (χ1) is 9.30. The van der Waals surface area contributed by atoms with E-state index in [0.717, 1.165) is 5.75 Å². The highest BCUT2D eigenvalue weighted by Gasteiger charge is 2.31. The number of benzene rings is 1. The molecule has 0 fully saturated rings. The van der Waals surface area contributed by atoms with Crippen molar-refractivity contribution in [2.45, 2.75) is 51.7 Å². The lowest BCUT2D eigenvalue weighted by molar-refractivity contribution is -0.124. The van der Waals surface area contributed by atoms with E-state index in [1.807, 2.05) is 25.1 Å². The molecule has 0 bridgehead atoms. The van der Waals surface area contributed by atoms with Gasteiger partial charge in [0.15, 0.2) is 0 Å². The number of carbonyl (C=O) groups excluding carboxylic acids is 1. The van der Waals surface area contributed by atoms with Crippen LogP contribution in [0.2, 0.25) is 0 Å². The molecule has 4 heteroatoms. The Balaban J connectivity index is 2.81. The quantitative estimate of drug-likeness (QED) is 0.805. The average Bonchev–Trinajstić information content (AvgIpc) is 2.38. The molecular formula is C16H26N2O2. The average molecular weight is 278 g/mol. The molecule has 20 heavy (non-hydrogen) atoms. The molecule has 0 radical (unpaired) electrons. The van der Waals surface area contributed by atoms with E-state index >= 15 is 0 Å². The molecule has 2 atom stereocenters. The van der Waals surface area contributed by atoms with Crippen LogP contribution in [0.15, 0.2) is 24.3 Å². The Bertz CT molecular complexity index is 460. The molecule has 0 heterocycles. The summed E-state index contributed by atoms with van der Waals surface area (Å²) >= 11 is 0. The molecule has 0 aliphatic heterocycles. The van der Waals surface area contributed by atoms with Crippen molar-refractivity contribution < 1.29 is 9.53 Å². The number of para-hydroxylation sites is 1. The first-order valence-corrected chi connectivity index (χ1v) is 7.04. The summed E-state index contributed by atoms with van der Waals surface area (Å²) in [5.74, 6) is 0.899. The van der Waals surface area contributed by atoms with Crippen LogP contribution in [0, 0.1) is 0 Å². The summed E-state index contributed by atoms with van der Waals surface area (Å²) < 4.78 is 6.01. The molecule has 0 aliphatic rings. The van der Waals surface area contributed by atoms with Gasteiger partial charge >= 0.3 is 0 Å². The van der Waals surface area contributed by atoms with Crippen LogP contribution in [0.4, 0.5) is 0 Å². The van der Waals surface area contributed by atoms with Crippen LogP contribution in [0.5, 0.6) is 5.75 Å². The van der Waals surface area contributed by atoms with Gasteiger partial charge in [-0.15, -0.1) is 0 Å². The summed E-state index contributed by atoms with van der Waals surface area (Å²) in [6.07, 6.45) is 0.408. The van der Waals surface area contributed by atoms with Crippen LogP contribution in [-0.4, -0.2) is 24.6 Å². The van der Waals surface area contributed by atoms with E-state index in [2.05, 4.69) is 25.2 Å². The lowest BCUT2D eigenvalue weighted by atomic mass is 9.94. The second-order valence-electron chi connectivity index (χ2n) is 5.77. The fourth-order valence-corrected chi connectivity index (χ4v) is 2.22. The monoisotopic (exact) mass is 278 g/mol. The van der Waals surface area contributed by atoms with Crippen molar-refractivity contribution in [3.63, 3.8) is 0 Å². The molecule has 0 saturated carbocycles. The molecule has 1 rings (SSSR count).